The molecule has 6 heteroatoms. The van der Waals surface area contributed by atoms with Crippen LogP contribution in [0.4, 0.5) is 5.69 Å². The minimum Gasteiger partial charge on any atom is -0.493 e. The van der Waals surface area contributed by atoms with Gasteiger partial charge < -0.3 is 14.4 Å². The molecule has 0 spiro atoms. The van der Waals surface area contributed by atoms with E-state index in [1.807, 2.05) is 30.5 Å². The van der Waals surface area contributed by atoms with Crippen LogP contribution < -0.4 is 14.4 Å². The van der Waals surface area contributed by atoms with Crippen molar-refractivity contribution < 1.29 is 14.3 Å². The van der Waals surface area contributed by atoms with E-state index in [1.54, 1.807) is 12.0 Å². The first-order valence-corrected chi connectivity index (χ1v) is 12.1. The summed E-state index contributed by atoms with van der Waals surface area (Å²) in [4.78, 5) is 22.1. The third-order valence-electron chi connectivity index (χ3n) is 6.77. The molecule has 6 nitrogen and oxygen atoms in total. The van der Waals surface area contributed by atoms with Crippen molar-refractivity contribution in [2.45, 2.75) is 32.7 Å². The van der Waals surface area contributed by atoms with Gasteiger partial charge in [0, 0.05) is 41.2 Å². The first-order chi connectivity index (χ1) is 16.7. The standard InChI is InChI=1S/C28H31N3O3/c1-3-20-6-8-21(9-7-20)25-17-24-22(18-29-25)19-31(28(24)32)23-10-11-26(27(16-23)33-2)34-15-14-30-12-4-5-13-30/h6-11,16-18H,3-5,12-15,19H2,1-2H3. The largest absolute Gasteiger partial charge is 0.493 e. The van der Waals surface area contributed by atoms with E-state index in [9.17, 15) is 4.79 Å². The lowest BCUT2D eigenvalue weighted by atomic mass is 10.0. The molecule has 0 unspecified atom stereocenters. The summed E-state index contributed by atoms with van der Waals surface area (Å²) in [6.45, 7) is 6.47. The predicted molar refractivity (Wildman–Crippen MR) is 134 cm³/mol. The van der Waals surface area contributed by atoms with Gasteiger partial charge in [-0.25, -0.2) is 0 Å². The number of nitrogens with zero attached hydrogens (tertiary/aromatic N) is 3. The van der Waals surface area contributed by atoms with Gasteiger partial charge in [0.1, 0.15) is 6.61 Å². The molecular weight excluding hydrogens is 426 g/mol. The predicted octanol–water partition coefficient (Wildman–Crippen LogP) is 4.95. The number of fused-ring (bicyclic) bond motifs is 1. The van der Waals surface area contributed by atoms with Crippen LogP contribution in [-0.2, 0) is 13.0 Å². The van der Waals surface area contributed by atoms with Crippen LogP contribution in [-0.4, -0.2) is 49.1 Å². The number of methoxy groups -OCH3 is 1. The van der Waals surface area contributed by atoms with E-state index < -0.39 is 0 Å². The van der Waals surface area contributed by atoms with E-state index in [0.717, 1.165) is 48.6 Å². The van der Waals surface area contributed by atoms with Crippen LogP contribution in [0.15, 0.2) is 54.7 Å². The number of aryl methyl sites for hydroxylation is 1. The second kappa shape index (κ2) is 9.85. The summed E-state index contributed by atoms with van der Waals surface area (Å²) >= 11 is 0. The molecule has 0 saturated carbocycles. The smallest absolute Gasteiger partial charge is 0.259 e. The SMILES string of the molecule is CCc1ccc(-c2cc3c(cn2)CN(c2ccc(OCCN4CCCC4)c(OC)c2)C3=O)cc1. The number of aromatic nitrogens is 1. The highest BCUT2D eigenvalue weighted by Crippen LogP contribution is 2.36. The third-order valence-corrected chi connectivity index (χ3v) is 6.77. The first-order valence-electron chi connectivity index (χ1n) is 12.1. The van der Waals surface area contributed by atoms with E-state index in [-0.39, 0.29) is 5.91 Å². The van der Waals surface area contributed by atoms with E-state index in [0.29, 0.717) is 30.2 Å². The van der Waals surface area contributed by atoms with Crippen LogP contribution in [0.2, 0.25) is 0 Å². The zero-order valence-corrected chi connectivity index (χ0v) is 19.9. The number of carbonyl (C=O) groups excluding carboxylic acids is 1. The maximum Gasteiger partial charge on any atom is 0.259 e. The lowest BCUT2D eigenvalue weighted by Crippen LogP contribution is -2.25. The van der Waals surface area contributed by atoms with Crippen LogP contribution in [0, 0.1) is 0 Å². The Bertz CT molecular complexity index is 1170. The van der Waals surface area contributed by atoms with Gasteiger partial charge in [-0.3, -0.25) is 14.7 Å². The van der Waals surface area contributed by atoms with Gasteiger partial charge in [0.05, 0.1) is 19.3 Å². The van der Waals surface area contributed by atoms with Crippen LogP contribution in [0.25, 0.3) is 11.3 Å². The fraction of sp³-hybridized carbons (Fsp3) is 0.357. The van der Waals surface area contributed by atoms with Crippen molar-refractivity contribution in [3.63, 3.8) is 0 Å². The number of ether oxygens (including phenoxy) is 2. The highest BCUT2D eigenvalue weighted by molar-refractivity contribution is 6.10. The lowest BCUT2D eigenvalue weighted by molar-refractivity contribution is 0.0996. The van der Waals surface area contributed by atoms with Gasteiger partial charge in [0.15, 0.2) is 11.5 Å². The molecule has 0 radical (unpaired) electrons. The Balaban J connectivity index is 1.31. The number of benzene rings is 2. The molecule has 0 N–H and O–H groups in total. The first kappa shape index (κ1) is 22.4. The Morgan fingerprint density at radius 1 is 1.00 bits per heavy atom. The molecule has 3 heterocycles. The fourth-order valence-electron chi connectivity index (χ4n) is 4.71. The van der Waals surface area contributed by atoms with Gasteiger partial charge in [-0.2, -0.15) is 0 Å². The summed E-state index contributed by atoms with van der Waals surface area (Å²) in [5, 5.41) is 0. The molecule has 5 rings (SSSR count). The monoisotopic (exact) mass is 457 g/mol. The van der Waals surface area contributed by atoms with Crippen molar-refractivity contribution >= 4 is 11.6 Å². The van der Waals surface area contributed by atoms with Crippen molar-refractivity contribution in [2.75, 3.05) is 38.3 Å². The molecule has 176 valence electrons. The maximum absolute atomic E-state index is 13.3. The van der Waals surface area contributed by atoms with Crippen LogP contribution in [0.1, 0.15) is 41.3 Å². The normalized spacial score (nSPS) is 15.6. The minimum atomic E-state index is -0.0198. The van der Waals surface area contributed by atoms with Gasteiger partial charge in [-0.1, -0.05) is 31.2 Å². The Hall–Kier alpha value is -3.38. The van der Waals surface area contributed by atoms with Gasteiger partial charge in [0.25, 0.3) is 5.91 Å². The van der Waals surface area contributed by atoms with Crippen LogP contribution in [0.5, 0.6) is 11.5 Å². The highest BCUT2D eigenvalue weighted by atomic mass is 16.5. The molecule has 3 aromatic rings. The quantitative estimate of drug-likeness (QED) is 0.479. The minimum absolute atomic E-state index is 0.0198. The van der Waals surface area contributed by atoms with E-state index in [2.05, 4.69) is 41.1 Å². The number of likely N-dealkylation sites (tertiary alicyclic amines) is 1. The molecule has 34 heavy (non-hydrogen) atoms. The second-order valence-electron chi connectivity index (χ2n) is 8.90. The summed E-state index contributed by atoms with van der Waals surface area (Å²) in [5.41, 5.74) is 5.54. The summed E-state index contributed by atoms with van der Waals surface area (Å²) in [5.74, 6) is 1.32. The molecule has 0 aliphatic carbocycles. The molecule has 0 bridgehead atoms. The number of hydrogen-bond acceptors (Lipinski definition) is 5. The zero-order valence-electron chi connectivity index (χ0n) is 19.9. The van der Waals surface area contributed by atoms with Crippen LogP contribution in [0.3, 0.4) is 0 Å². The average molecular weight is 458 g/mol. The average Bonchev–Trinajstić information content (AvgIpc) is 3.52. The molecule has 1 saturated heterocycles. The molecule has 2 aliphatic rings. The summed E-state index contributed by atoms with van der Waals surface area (Å²) in [6, 6.07) is 16.0. The molecular formula is C28H31N3O3. The Kier molecular flexibility index (Phi) is 6.50. The number of carbonyl (C=O) groups is 1. The zero-order chi connectivity index (χ0) is 23.5. The summed E-state index contributed by atoms with van der Waals surface area (Å²) in [6.07, 6.45) is 5.36. The van der Waals surface area contributed by atoms with Crippen molar-refractivity contribution in [3.8, 4) is 22.8 Å². The molecule has 1 amide bonds. The van der Waals surface area contributed by atoms with Crippen molar-refractivity contribution in [2.24, 2.45) is 0 Å². The number of anilines is 1. The highest BCUT2D eigenvalue weighted by Gasteiger charge is 2.30. The molecule has 2 aromatic carbocycles. The number of amides is 1. The van der Waals surface area contributed by atoms with Crippen LogP contribution >= 0.6 is 0 Å². The lowest BCUT2D eigenvalue weighted by Gasteiger charge is -2.19. The fourth-order valence-corrected chi connectivity index (χ4v) is 4.71. The topological polar surface area (TPSA) is 54.9 Å². The Morgan fingerprint density at radius 3 is 2.53 bits per heavy atom. The van der Waals surface area contributed by atoms with Gasteiger partial charge in [-0.05, 0) is 56.1 Å². The van der Waals surface area contributed by atoms with Gasteiger partial charge in [-0.15, -0.1) is 0 Å². The molecule has 2 aliphatic heterocycles. The third kappa shape index (κ3) is 4.50. The molecule has 1 aromatic heterocycles. The van der Waals surface area contributed by atoms with Crippen molar-refractivity contribution in [1.82, 2.24) is 9.88 Å². The van der Waals surface area contributed by atoms with E-state index in [4.69, 9.17) is 9.47 Å². The van der Waals surface area contributed by atoms with Gasteiger partial charge in [0.2, 0.25) is 0 Å². The number of pyridine rings is 1. The summed E-state index contributed by atoms with van der Waals surface area (Å²) < 4.78 is 11.6. The second-order valence-corrected chi connectivity index (χ2v) is 8.90. The number of hydrogen-bond donors (Lipinski definition) is 0. The number of rotatable bonds is 8. The van der Waals surface area contributed by atoms with Gasteiger partial charge >= 0.3 is 0 Å². The van der Waals surface area contributed by atoms with Crippen molar-refractivity contribution in [3.05, 3.63) is 71.4 Å². The molecule has 1 fully saturated rings. The van der Waals surface area contributed by atoms with E-state index in [1.165, 1.54) is 18.4 Å². The van der Waals surface area contributed by atoms with Crippen molar-refractivity contribution in [1.29, 1.82) is 0 Å². The summed E-state index contributed by atoms with van der Waals surface area (Å²) in [7, 11) is 1.63. The maximum atomic E-state index is 13.3. The Labute approximate surface area is 201 Å². The Morgan fingerprint density at radius 2 is 1.79 bits per heavy atom. The molecule has 0 atom stereocenters. The van der Waals surface area contributed by atoms with E-state index >= 15 is 0 Å².